The van der Waals surface area contributed by atoms with Crippen LogP contribution < -0.4 is 15.5 Å². The summed E-state index contributed by atoms with van der Waals surface area (Å²) in [6.45, 7) is 12.9. The number of aryl methyl sites for hydroxylation is 1. The van der Waals surface area contributed by atoms with E-state index in [0.29, 0.717) is 16.8 Å². The van der Waals surface area contributed by atoms with Gasteiger partial charge in [0.15, 0.2) is 0 Å². The van der Waals surface area contributed by atoms with Crippen molar-refractivity contribution in [2.24, 2.45) is 17.3 Å². The predicted molar refractivity (Wildman–Crippen MR) is 141 cm³/mol. The van der Waals surface area contributed by atoms with E-state index in [2.05, 4.69) is 43.5 Å². The second kappa shape index (κ2) is 11.8. The van der Waals surface area contributed by atoms with Crippen LogP contribution in [0.3, 0.4) is 0 Å². The van der Waals surface area contributed by atoms with Crippen LogP contribution in [0.5, 0.6) is 0 Å². The molecule has 3 rings (SSSR count). The maximum Gasteiger partial charge on any atom is 0.230 e. The van der Waals surface area contributed by atoms with E-state index in [0.717, 1.165) is 49.2 Å². The van der Waals surface area contributed by atoms with Crippen molar-refractivity contribution < 1.29 is 4.79 Å². The molecule has 7 nitrogen and oxygen atoms in total. The van der Waals surface area contributed by atoms with Gasteiger partial charge in [0.05, 0.1) is 29.3 Å². The number of piperidine rings is 1. The smallest absolute Gasteiger partial charge is 0.230 e. The lowest BCUT2D eigenvalue weighted by Crippen LogP contribution is -2.35. The number of rotatable bonds is 9. The van der Waals surface area contributed by atoms with E-state index in [-0.39, 0.29) is 5.91 Å². The molecule has 1 atom stereocenters. The van der Waals surface area contributed by atoms with Gasteiger partial charge in [-0.15, -0.1) is 0 Å². The molecule has 34 heavy (non-hydrogen) atoms. The molecule has 2 aromatic rings. The largest absolute Gasteiger partial charge is 0.384 e. The zero-order valence-corrected chi connectivity index (χ0v) is 22.0. The van der Waals surface area contributed by atoms with Gasteiger partial charge in [-0.1, -0.05) is 45.7 Å². The second-order valence-corrected chi connectivity index (χ2v) is 10.9. The first-order chi connectivity index (χ1) is 16.2. The number of hydrogen-bond donors (Lipinski definition) is 2. The van der Waals surface area contributed by atoms with Gasteiger partial charge in [-0.05, 0) is 56.1 Å². The lowest BCUT2D eigenvalue weighted by atomic mass is 9.84. The van der Waals surface area contributed by atoms with Crippen molar-refractivity contribution >= 4 is 35.0 Å². The lowest BCUT2D eigenvalue weighted by Gasteiger charge is -2.33. The monoisotopic (exact) mass is 486 g/mol. The molecule has 1 amide bonds. The number of nitrogens with zero attached hydrogens (tertiary/aromatic N) is 4. The second-order valence-electron chi connectivity index (χ2n) is 10.5. The first kappa shape index (κ1) is 26.2. The molecule has 1 aliphatic heterocycles. The van der Waals surface area contributed by atoms with Crippen LogP contribution in [0.15, 0.2) is 24.7 Å². The Balaban J connectivity index is 1.42. The number of anilines is 3. The standard InChI is InChI=1S/C26H39ClN6O/c1-6-19(14-20-8-11-33(12-9-20)25-30-15-21(27)16-31-25)7-10-28-22-13-18(2)23(29-17-22)32-24(34)26(3,4)5/h13,15-17,19-20,28H,6-12,14H2,1-5H3,(H,29,32,34)/t19-/m0/s1. The van der Waals surface area contributed by atoms with E-state index in [1.165, 1.54) is 25.7 Å². The van der Waals surface area contributed by atoms with Gasteiger partial charge in [0, 0.05) is 25.0 Å². The van der Waals surface area contributed by atoms with Crippen LogP contribution in [-0.2, 0) is 4.79 Å². The number of pyridine rings is 1. The molecule has 186 valence electrons. The normalized spacial score (nSPS) is 15.8. The zero-order chi connectivity index (χ0) is 24.7. The molecule has 1 saturated heterocycles. The Morgan fingerprint density at radius 1 is 1.18 bits per heavy atom. The summed E-state index contributed by atoms with van der Waals surface area (Å²) in [6, 6.07) is 2.06. The highest BCUT2D eigenvalue weighted by molar-refractivity contribution is 6.30. The molecule has 0 unspecified atom stereocenters. The molecule has 0 saturated carbocycles. The lowest BCUT2D eigenvalue weighted by molar-refractivity contribution is -0.123. The van der Waals surface area contributed by atoms with Crippen molar-refractivity contribution in [3.8, 4) is 0 Å². The molecule has 1 fully saturated rings. The predicted octanol–water partition coefficient (Wildman–Crippen LogP) is 5.95. The number of halogens is 1. The topological polar surface area (TPSA) is 83.0 Å². The summed E-state index contributed by atoms with van der Waals surface area (Å²) in [4.78, 5) is 27.7. The Bertz CT molecular complexity index is 935. The fourth-order valence-corrected chi connectivity index (χ4v) is 4.41. The molecule has 0 aromatic carbocycles. The minimum atomic E-state index is -0.444. The third-order valence-corrected chi connectivity index (χ3v) is 6.82. The molecule has 0 aliphatic carbocycles. The molecule has 0 bridgehead atoms. The Hall–Kier alpha value is -2.41. The van der Waals surface area contributed by atoms with Crippen LogP contribution in [-0.4, -0.2) is 40.5 Å². The summed E-state index contributed by atoms with van der Waals surface area (Å²) in [5.74, 6) is 2.85. The van der Waals surface area contributed by atoms with E-state index in [4.69, 9.17) is 11.6 Å². The Kier molecular flexibility index (Phi) is 9.11. The Morgan fingerprint density at radius 2 is 1.85 bits per heavy atom. The SMILES string of the molecule is CC[C@@H](CCNc1cnc(NC(=O)C(C)(C)C)c(C)c1)CC1CCN(c2ncc(Cl)cn2)CC1. The van der Waals surface area contributed by atoms with Gasteiger partial charge >= 0.3 is 0 Å². The van der Waals surface area contributed by atoms with Gasteiger partial charge in [0.1, 0.15) is 5.82 Å². The molecular weight excluding hydrogens is 448 g/mol. The Morgan fingerprint density at radius 3 is 2.44 bits per heavy atom. The van der Waals surface area contributed by atoms with Gasteiger partial charge in [-0.25, -0.2) is 15.0 Å². The first-order valence-corrected chi connectivity index (χ1v) is 12.8. The summed E-state index contributed by atoms with van der Waals surface area (Å²) < 4.78 is 0. The number of carbonyl (C=O) groups is 1. The van der Waals surface area contributed by atoms with Gasteiger partial charge in [-0.2, -0.15) is 0 Å². The summed E-state index contributed by atoms with van der Waals surface area (Å²) >= 11 is 5.91. The highest BCUT2D eigenvalue weighted by Crippen LogP contribution is 2.29. The maximum absolute atomic E-state index is 12.2. The minimum absolute atomic E-state index is 0.0267. The van der Waals surface area contributed by atoms with Gasteiger partial charge in [0.25, 0.3) is 0 Å². The van der Waals surface area contributed by atoms with Crippen LogP contribution >= 0.6 is 11.6 Å². The maximum atomic E-state index is 12.2. The molecule has 8 heteroatoms. The molecular formula is C26H39ClN6O. The molecule has 0 spiro atoms. The number of carbonyl (C=O) groups excluding carboxylic acids is 1. The van der Waals surface area contributed by atoms with E-state index in [1.54, 1.807) is 18.6 Å². The number of amides is 1. The van der Waals surface area contributed by atoms with Gasteiger partial charge in [0.2, 0.25) is 11.9 Å². The summed E-state index contributed by atoms with van der Waals surface area (Å²) in [5, 5.41) is 7.02. The van der Waals surface area contributed by atoms with Crippen molar-refractivity contribution in [2.45, 2.75) is 66.7 Å². The Labute approximate surface area is 209 Å². The highest BCUT2D eigenvalue weighted by Gasteiger charge is 2.24. The van der Waals surface area contributed by atoms with E-state index in [1.807, 2.05) is 27.7 Å². The van der Waals surface area contributed by atoms with Crippen LogP contribution in [0, 0.1) is 24.2 Å². The molecule has 2 aromatic heterocycles. The quantitative estimate of drug-likeness (QED) is 0.455. The van der Waals surface area contributed by atoms with Crippen molar-refractivity contribution in [3.05, 3.63) is 35.2 Å². The van der Waals surface area contributed by atoms with Gasteiger partial charge in [-0.3, -0.25) is 4.79 Å². The molecule has 0 radical (unpaired) electrons. The number of hydrogen-bond acceptors (Lipinski definition) is 6. The molecule has 2 N–H and O–H groups in total. The number of aromatic nitrogens is 3. The van der Waals surface area contributed by atoms with E-state index in [9.17, 15) is 4.79 Å². The average Bonchev–Trinajstić information content (AvgIpc) is 2.80. The van der Waals surface area contributed by atoms with Crippen LogP contribution in [0.1, 0.15) is 65.4 Å². The van der Waals surface area contributed by atoms with Crippen LogP contribution in [0.25, 0.3) is 0 Å². The average molecular weight is 487 g/mol. The van der Waals surface area contributed by atoms with Crippen molar-refractivity contribution in [1.29, 1.82) is 0 Å². The first-order valence-electron chi connectivity index (χ1n) is 12.4. The fraction of sp³-hybridized carbons (Fsp3) is 0.615. The van der Waals surface area contributed by atoms with E-state index >= 15 is 0 Å². The highest BCUT2D eigenvalue weighted by atomic mass is 35.5. The summed E-state index contributed by atoms with van der Waals surface area (Å²) in [7, 11) is 0. The molecule has 3 heterocycles. The van der Waals surface area contributed by atoms with Crippen molar-refractivity contribution in [1.82, 2.24) is 15.0 Å². The zero-order valence-electron chi connectivity index (χ0n) is 21.2. The van der Waals surface area contributed by atoms with Crippen LogP contribution in [0.2, 0.25) is 5.02 Å². The summed E-state index contributed by atoms with van der Waals surface area (Å²) in [6.07, 6.45) is 11.1. The minimum Gasteiger partial charge on any atom is -0.384 e. The van der Waals surface area contributed by atoms with Gasteiger partial charge < -0.3 is 15.5 Å². The van der Waals surface area contributed by atoms with Crippen LogP contribution in [0.4, 0.5) is 17.5 Å². The van der Waals surface area contributed by atoms with Crippen molar-refractivity contribution in [3.63, 3.8) is 0 Å². The third-order valence-electron chi connectivity index (χ3n) is 6.62. The summed E-state index contributed by atoms with van der Waals surface area (Å²) in [5.41, 5.74) is 1.52. The molecule has 1 aliphatic rings. The van der Waals surface area contributed by atoms with E-state index < -0.39 is 5.41 Å². The number of nitrogens with one attached hydrogen (secondary N) is 2. The fourth-order valence-electron chi connectivity index (χ4n) is 4.32. The van der Waals surface area contributed by atoms with Crippen molar-refractivity contribution in [2.75, 3.05) is 35.2 Å². The third kappa shape index (κ3) is 7.55.